The molecule has 1 aliphatic heterocycles. The van der Waals surface area contributed by atoms with Crippen molar-refractivity contribution in [2.75, 3.05) is 13.7 Å². The van der Waals surface area contributed by atoms with E-state index < -0.39 is 0 Å². The number of carbonyl (C=O) groups excluding carboxylic acids is 2. The largest absolute Gasteiger partial charge is 0.469 e. The molecule has 190 valence electrons. The van der Waals surface area contributed by atoms with E-state index in [1.165, 1.54) is 25.7 Å². The molecule has 0 amide bonds. The summed E-state index contributed by atoms with van der Waals surface area (Å²) in [6.45, 7) is 0.614. The van der Waals surface area contributed by atoms with Crippen LogP contribution in [-0.4, -0.2) is 31.6 Å². The first-order valence-electron chi connectivity index (χ1n) is 13.0. The second-order valence-electron chi connectivity index (χ2n) is 10.3. The number of Topliss-reactive ketones (excluding diaryl/α,β-unsaturated/α-hetero) is 1. The molecule has 4 rings (SSSR count). The van der Waals surface area contributed by atoms with E-state index in [4.69, 9.17) is 9.47 Å². The van der Waals surface area contributed by atoms with Crippen LogP contribution in [0.4, 0.5) is 4.39 Å². The van der Waals surface area contributed by atoms with Gasteiger partial charge in [-0.15, -0.1) is 0 Å². The average Bonchev–Trinajstić information content (AvgIpc) is 3.44. The number of methoxy groups -OCH3 is 1. The molecular weight excluding hydrogens is 511 g/mol. The molecule has 4 nitrogen and oxygen atoms in total. The number of hydrogen-bond donors (Lipinski definition) is 0. The summed E-state index contributed by atoms with van der Waals surface area (Å²) in [5.41, 5.74) is 0.910. The van der Waals surface area contributed by atoms with E-state index >= 15 is 0 Å². The summed E-state index contributed by atoms with van der Waals surface area (Å²) in [6, 6.07) is 6.84. The highest BCUT2D eigenvalue weighted by molar-refractivity contribution is 9.12. The molecule has 0 unspecified atom stereocenters. The van der Waals surface area contributed by atoms with Gasteiger partial charge in [0.1, 0.15) is 5.82 Å². The molecule has 3 aliphatic rings. The van der Waals surface area contributed by atoms with Gasteiger partial charge in [-0.3, -0.25) is 9.59 Å². The summed E-state index contributed by atoms with van der Waals surface area (Å²) in [4.78, 5) is 24.5. The van der Waals surface area contributed by atoms with Gasteiger partial charge in [0, 0.05) is 23.7 Å². The van der Waals surface area contributed by atoms with Gasteiger partial charge < -0.3 is 9.47 Å². The number of benzene rings is 1. The molecule has 0 radical (unpaired) electrons. The van der Waals surface area contributed by atoms with Crippen molar-refractivity contribution in [3.63, 3.8) is 0 Å². The van der Waals surface area contributed by atoms with Crippen LogP contribution < -0.4 is 0 Å². The predicted octanol–water partition coefficient (Wildman–Crippen LogP) is 6.82. The van der Waals surface area contributed by atoms with Gasteiger partial charge in [-0.05, 0) is 78.1 Å². The fourth-order valence-electron chi connectivity index (χ4n) is 6.31. The van der Waals surface area contributed by atoms with Crippen molar-refractivity contribution in [2.24, 2.45) is 17.8 Å². The lowest BCUT2D eigenvalue weighted by Gasteiger charge is -2.38. The van der Waals surface area contributed by atoms with Gasteiger partial charge in [-0.25, -0.2) is 4.39 Å². The number of allylic oxidation sites excluding steroid dienone is 3. The van der Waals surface area contributed by atoms with Gasteiger partial charge in [0.15, 0.2) is 5.78 Å². The molecule has 2 aliphatic carbocycles. The first-order valence-corrected chi connectivity index (χ1v) is 13.7. The molecule has 6 heteroatoms. The normalized spacial score (nSPS) is 29.1. The molecule has 1 aromatic rings. The first-order chi connectivity index (χ1) is 16.9. The summed E-state index contributed by atoms with van der Waals surface area (Å²) >= 11 is 3.64. The minimum absolute atomic E-state index is 0.0458. The third-order valence-corrected chi connectivity index (χ3v) is 8.88. The van der Waals surface area contributed by atoms with Crippen LogP contribution in [-0.2, 0) is 24.5 Å². The highest BCUT2D eigenvalue weighted by Crippen LogP contribution is 2.57. The van der Waals surface area contributed by atoms with Gasteiger partial charge >= 0.3 is 5.97 Å². The molecule has 4 atom stereocenters. The zero-order valence-corrected chi connectivity index (χ0v) is 22.1. The maximum atomic E-state index is 13.7. The zero-order valence-electron chi connectivity index (χ0n) is 20.5. The lowest BCUT2D eigenvalue weighted by atomic mass is 9.69. The second-order valence-corrected chi connectivity index (χ2v) is 11.1. The molecule has 2 saturated carbocycles. The van der Waals surface area contributed by atoms with Gasteiger partial charge in [0.05, 0.1) is 24.3 Å². The van der Waals surface area contributed by atoms with Crippen molar-refractivity contribution in [3.8, 4) is 0 Å². The van der Waals surface area contributed by atoms with Crippen molar-refractivity contribution in [1.29, 1.82) is 0 Å². The summed E-state index contributed by atoms with van der Waals surface area (Å²) in [7, 11) is 1.41. The number of rotatable bonds is 10. The van der Waals surface area contributed by atoms with Crippen molar-refractivity contribution >= 4 is 27.7 Å². The number of unbranched alkanes of at least 4 members (excludes halogenated alkanes) is 1. The van der Waals surface area contributed by atoms with Crippen LogP contribution in [0.2, 0.25) is 0 Å². The van der Waals surface area contributed by atoms with E-state index in [0.717, 1.165) is 56.9 Å². The monoisotopic (exact) mass is 546 g/mol. The van der Waals surface area contributed by atoms with Crippen LogP contribution in [0.5, 0.6) is 0 Å². The molecule has 0 spiro atoms. The SMILES string of the molecule is COC(=O)CCC/C=C\C[C@H]1[C@H](/C=C(/Br)C(=O)C2CCCCC2)[C@@H]2C[C@@]1(c1ccc(F)cc1)CO2. The zero-order chi connectivity index (χ0) is 24.8. The Morgan fingerprint density at radius 3 is 2.63 bits per heavy atom. The molecule has 0 N–H and O–H groups in total. The fourth-order valence-corrected chi connectivity index (χ4v) is 6.94. The van der Waals surface area contributed by atoms with Crippen LogP contribution in [0.15, 0.2) is 47.0 Å². The second kappa shape index (κ2) is 12.0. The predicted molar refractivity (Wildman–Crippen MR) is 138 cm³/mol. The number of carbonyl (C=O) groups is 2. The van der Waals surface area contributed by atoms with Crippen LogP contribution in [0.1, 0.15) is 69.8 Å². The Bertz CT molecular complexity index is 950. The van der Waals surface area contributed by atoms with Crippen molar-refractivity contribution < 1.29 is 23.5 Å². The quantitative estimate of drug-likeness (QED) is 0.140. The van der Waals surface area contributed by atoms with E-state index in [-0.39, 0.29) is 46.8 Å². The highest BCUT2D eigenvalue weighted by Gasteiger charge is 2.58. The van der Waals surface area contributed by atoms with Crippen LogP contribution >= 0.6 is 15.9 Å². The lowest BCUT2D eigenvalue weighted by molar-refractivity contribution is -0.140. The summed E-state index contributed by atoms with van der Waals surface area (Å²) < 4.78 is 25.3. The van der Waals surface area contributed by atoms with Gasteiger partial charge in [0.2, 0.25) is 0 Å². The number of halogens is 2. The maximum absolute atomic E-state index is 13.7. The fraction of sp³-hybridized carbons (Fsp3) is 0.586. The molecule has 0 aromatic heterocycles. The summed E-state index contributed by atoms with van der Waals surface area (Å²) in [5.74, 6) is 0.272. The standard InChI is InChI=1S/C29H36BrFO4/c1-34-27(32)12-8-3-2-7-11-24-23(17-25(30)28(33)20-9-5-4-6-10-20)26-18-29(24,19-35-26)21-13-15-22(31)16-14-21/h2,7,13-17,20,23-24,26H,3-6,8-12,18-19H2,1H3/b7-2-,25-17+/t23-,24-,26-,29-/m0/s1. The third kappa shape index (κ3) is 5.96. The first kappa shape index (κ1) is 26.3. The smallest absolute Gasteiger partial charge is 0.305 e. The van der Waals surface area contributed by atoms with Crippen LogP contribution in [0.3, 0.4) is 0 Å². The molecule has 1 aromatic carbocycles. The number of esters is 1. The van der Waals surface area contributed by atoms with Crippen molar-refractivity contribution in [1.82, 2.24) is 0 Å². The van der Waals surface area contributed by atoms with Gasteiger partial charge in [0.25, 0.3) is 0 Å². The van der Waals surface area contributed by atoms with Gasteiger partial charge in [-0.2, -0.15) is 0 Å². The molecular formula is C29H36BrFO4. The Labute approximate surface area is 216 Å². The number of ether oxygens (including phenoxy) is 2. The molecule has 1 heterocycles. The lowest BCUT2D eigenvalue weighted by Crippen LogP contribution is -2.39. The Morgan fingerprint density at radius 1 is 1.17 bits per heavy atom. The number of fused-ring (bicyclic) bond motifs is 2. The van der Waals surface area contributed by atoms with E-state index in [2.05, 4.69) is 34.2 Å². The Hall–Kier alpha value is -1.79. The number of ketones is 1. The minimum Gasteiger partial charge on any atom is -0.469 e. The van der Waals surface area contributed by atoms with Gasteiger partial charge in [-0.1, -0.05) is 49.6 Å². The molecule has 1 saturated heterocycles. The molecule has 2 bridgehead atoms. The minimum atomic E-state index is -0.238. The Morgan fingerprint density at radius 2 is 1.91 bits per heavy atom. The van der Waals surface area contributed by atoms with Crippen LogP contribution in [0.25, 0.3) is 0 Å². The topological polar surface area (TPSA) is 52.6 Å². The van der Waals surface area contributed by atoms with E-state index in [9.17, 15) is 14.0 Å². The van der Waals surface area contributed by atoms with E-state index in [0.29, 0.717) is 17.5 Å². The molecule has 3 fully saturated rings. The Kier molecular flexibility index (Phi) is 8.98. The maximum Gasteiger partial charge on any atom is 0.305 e. The van der Waals surface area contributed by atoms with Crippen LogP contribution in [0, 0.1) is 23.6 Å². The van der Waals surface area contributed by atoms with Crippen molar-refractivity contribution in [3.05, 3.63) is 58.4 Å². The van der Waals surface area contributed by atoms with E-state index in [1.54, 1.807) is 0 Å². The highest BCUT2D eigenvalue weighted by atomic mass is 79.9. The Balaban J connectivity index is 1.53. The molecule has 35 heavy (non-hydrogen) atoms. The summed E-state index contributed by atoms with van der Waals surface area (Å²) in [5, 5.41) is 0. The summed E-state index contributed by atoms with van der Waals surface area (Å²) in [6.07, 6.45) is 15.6. The van der Waals surface area contributed by atoms with Crippen molar-refractivity contribution in [2.45, 2.75) is 75.7 Å². The third-order valence-electron chi connectivity index (χ3n) is 8.23. The van der Waals surface area contributed by atoms with E-state index in [1.807, 2.05) is 12.1 Å². The average molecular weight is 548 g/mol. The number of hydrogen-bond acceptors (Lipinski definition) is 4.